The first-order valence-corrected chi connectivity index (χ1v) is 10.4. The van der Waals surface area contributed by atoms with Gasteiger partial charge in [-0.1, -0.05) is 36.4 Å². The van der Waals surface area contributed by atoms with Gasteiger partial charge in [-0.2, -0.15) is 4.98 Å². The Labute approximate surface area is 185 Å². The fourth-order valence-corrected chi connectivity index (χ4v) is 3.86. The van der Waals surface area contributed by atoms with E-state index in [1.807, 2.05) is 42.5 Å². The van der Waals surface area contributed by atoms with Crippen molar-refractivity contribution in [3.05, 3.63) is 77.4 Å². The fourth-order valence-electron chi connectivity index (χ4n) is 3.86. The smallest absolute Gasteiger partial charge is 0.239 e. The summed E-state index contributed by atoms with van der Waals surface area (Å²) in [6.45, 7) is 4.76. The van der Waals surface area contributed by atoms with Crippen molar-refractivity contribution >= 4 is 33.7 Å². The highest BCUT2D eigenvalue weighted by Crippen LogP contribution is 2.31. The lowest BCUT2D eigenvalue weighted by atomic mass is 10.1. The molecule has 0 unspecified atom stereocenters. The third kappa shape index (κ3) is 3.37. The summed E-state index contributed by atoms with van der Waals surface area (Å²) in [5, 5.41) is 4.34. The van der Waals surface area contributed by atoms with Gasteiger partial charge in [-0.05, 0) is 54.8 Å². The number of aromatic nitrogens is 4. The largest absolute Gasteiger partial charge is 0.494 e. The standard InChI is InChI=1S/C25H24N6O/c1-15-12-19-20(13-16(15)2)31(24(26)28-19)25-29-22-18(10-7-11-21(22)32-3)23(30-25)27-14-17-8-5-4-6-9-17/h4-13H,14H2,1-3H3,(H2,26,28)(H,27,29,30). The quantitative estimate of drug-likeness (QED) is 0.422. The Balaban J connectivity index is 1.71. The first-order valence-electron chi connectivity index (χ1n) is 10.4. The zero-order valence-electron chi connectivity index (χ0n) is 18.3. The molecular weight excluding hydrogens is 400 g/mol. The lowest BCUT2D eigenvalue weighted by Crippen LogP contribution is -2.10. The number of hydrogen-bond donors (Lipinski definition) is 2. The van der Waals surface area contributed by atoms with Crippen LogP contribution in [0.2, 0.25) is 0 Å². The maximum atomic E-state index is 6.34. The van der Waals surface area contributed by atoms with Gasteiger partial charge in [-0.3, -0.25) is 0 Å². The number of nitrogens with two attached hydrogens (primary N) is 1. The van der Waals surface area contributed by atoms with E-state index in [0.717, 1.165) is 33.1 Å². The molecule has 0 bridgehead atoms. The average molecular weight is 425 g/mol. The van der Waals surface area contributed by atoms with Crippen molar-refractivity contribution in [2.45, 2.75) is 20.4 Å². The van der Waals surface area contributed by atoms with Gasteiger partial charge >= 0.3 is 0 Å². The van der Waals surface area contributed by atoms with Gasteiger partial charge in [0.25, 0.3) is 0 Å². The fraction of sp³-hybridized carbons (Fsp3) is 0.160. The van der Waals surface area contributed by atoms with Gasteiger partial charge in [0, 0.05) is 11.9 Å². The van der Waals surface area contributed by atoms with Crippen LogP contribution in [-0.4, -0.2) is 26.6 Å². The molecule has 0 aliphatic rings. The summed E-state index contributed by atoms with van der Waals surface area (Å²) in [5.74, 6) is 2.16. The zero-order chi connectivity index (χ0) is 22.2. The van der Waals surface area contributed by atoms with E-state index in [-0.39, 0.29) is 0 Å². The minimum atomic E-state index is 0.341. The minimum absolute atomic E-state index is 0.341. The van der Waals surface area contributed by atoms with Gasteiger partial charge in [0.1, 0.15) is 17.1 Å². The molecule has 7 heteroatoms. The number of nitrogen functional groups attached to an aromatic ring is 1. The van der Waals surface area contributed by atoms with Crippen LogP contribution in [0.15, 0.2) is 60.7 Å². The molecule has 7 nitrogen and oxygen atoms in total. The molecule has 0 fully saturated rings. The van der Waals surface area contributed by atoms with Crippen LogP contribution >= 0.6 is 0 Å². The number of rotatable bonds is 5. The van der Waals surface area contributed by atoms with E-state index in [0.29, 0.717) is 35.5 Å². The number of imidazole rings is 1. The Morgan fingerprint density at radius 2 is 1.72 bits per heavy atom. The van der Waals surface area contributed by atoms with E-state index in [4.69, 9.17) is 20.4 Å². The van der Waals surface area contributed by atoms with Crippen LogP contribution in [0.1, 0.15) is 16.7 Å². The van der Waals surface area contributed by atoms with Gasteiger partial charge in [-0.15, -0.1) is 0 Å². The summed E-state index contributed by atoms with van der Waals surface area (Å²) >= 11 is 0. The van der Waals surface area contributed by atoms with Gasteiger partial charge in [0.2, 0.25) is 11.9 Å². The van der Waals surface area contributed by atoms with Crippen LogP contribution < -0.4 is 15.8 Å². The predicted molar refractivity (Wildman–Crippen MR) is 128 cm³/mol. The summed E-state index contributed by atoms with van der Waals surface area (Å²) in [6, 6.07) is 20.1. The molecule has 160 valence electrons. The number of hydrogen-bond acceptors (Lipinski definition) is 6. The Bertz CT molecular complexity index is 1440. The molecule has 3 aromatic carbocycles. The Kier molecular flexibility index (Phi) is 4.86. The Morgan fingerprint density at radius 1 is 0.938 bits per heavy atom. The van der Waals surface area contributed by atoms with E-state index < -0.39 is 0 Å². The zero-order valence-corrected chi connectivity index (χ0v) is 18.3. The van der Waals surface area contributed by atoms with E-state index in [1.54, 1.807) is 11.7 Å². The highest BCUT2D eigenvalue weighted by molar-refractivity contribution is 5.94. The van der Waals surface area contributed by atoms with Gasteiger partial charge in [0.15, 0.2) is 0 Å². The number of aryl methyl sites for hydroxylation is 2. The van der Waals surface area contributed by atoms with Crippen LogP contribution in [0.4, 0.5) is 11.8 Å². The summed E-state index contributed by atoms with van der Waals surface area (Å²) in [6.07, 6.45) is 0. The van der Waals surface area contributed by atoms with E-state index in [1.165, 1.54) is 0 Å². The number of nitrogens with zero attached hydrogens (tertiary/aromatic N) is 4. The van der Waals surface area contributed by atoms with Crippen LogP contribution in [0, 0.1) is 13.8 Å². The predicted octanol–water partition coefficient (Wildman–Crippen LogP) is 4.79. The Morgan fingerprint density at radius 3 is 2.50 bits per heavy atom. The molecule has 2 heterocycles. The van der Waals surface area contributed by atoms with E-state index >= 15 is 0 Å². The Hall–Kier alpha value is -4.13. The van der Waals surface area contributed by atoms with Gasteiger partial charge < -0.3 is 15.8 Å². The molecule has 0 aliphatic heterocycles. The summed E-state index contributed by atoms with van der Waals surface area (Å²) in [5.41, 5.74) is 12.2. The molecule has 3 N–H and O–H groups in total. The molecule has 0 radical (unpaired) electrons. The maximum absolute atomic E-state index is 6.34. The normalized spacial score (nSPS) is 11.2. The number of para-hydroxylation sites is 1. The molecule has 32 heavy (non-hydrogen) atoms. The van der Waals surface area contributed by atoms with Crippen molar-refractivity contribution in [1.82, 2.24) is 19.5 Å². The first kappa shape index (κ1) is 19.8. The molecule has 0 aliphatic carbocycles. The SMILES string of the molecule is COc1cccc2c(NCc3ccccc3)nc(-n3c(N)nc4cc(C)c(C)cc43)nc12. The van der Waals surface area contributed by atoms with Crippen LogP contribution in [-0.2, 0) is 6.54 Å². The van der Waals surface area contributed by atoms with Crippen molar-refractivity contribution in [3.8, 4) is 11.7 Å². The summed E-state index contributed by atoms with van der Waals surface area (Å²) in [4.78, 5) is 14.2. The molecule has 5 rings (SSSR count). The molecule has 0 saturated carbocycles. The van der Waals surface area contributed by atoms with E-state index in [2.05, 4.69) is 42.3 Å². The summed E-state index contributed by atoms with van der Waals surface area (Å²) in [7, 11) is 1.64. The van der Waals surface area contributed by atoms with Gasteiger partial charge in [0.05, 0.1) is 18.1 Å². The van der Waals surface area contributed by atoms with Crippen LogP contribution in [0.5, 0.6) is 5.75 Å². The topological polar surface area (TPSA) is 90.9 Å². The third-order valence-electron chi connectivity index (χ3n) is 5.70. The third-order valence-corrected chi connectivity index (χ3v) is 5.70. The van der Waals surface area contributed by atoms with Crippen molar-refractivity contribution in [1.29, 1.82) is 0 Å². The van der Waals surface area contributed by atoms with Crippen molar-refractivity contribution in [2.75, 3.05) is 18.2 Å². The lowest BCUT2D eigenvalue weighted by Gasteiger charge is -2.14. The summed E-state index contributed by atoms with van der Waals surface area (Å²) < 4.78 is 7.39. The van der Waals surface area contributed by atoms with Gasteiger partial charge in [-0.25, -0.2) is 14.5 Å². The second-order valence-electron chi connectivity index (χ2n) is 7.80. The van der Waals surface area contributed by atoms with Crippen molar-refractivity contribution < 1.29 is 4.74 Å². The molecule has 0 amide bonds. The second kappa shape index (κ2) is 7.85. The van der Waals surface area contributed by atoms with E-state index in [9.17, 15) is 0 Å². The molecule has 0 atom stereocenters. The van der Waals surface area contributed by atoms with Crippen LogP contribution in [0.25, 0.3) is 27.9 Å². The molecule has 0 spiro atoms. The second-order valence-corrected chi connectivity index (χ2v) is 7.80. The number of anilines is 2. The monoisotopic (exact) mass is 424 g/mol. The highest BCUT2D eigenvalue weighted by atomic mass is 16.5. The molecule has 5 aromatic rings. The number of benzene rings is 3. The molecular formula is C25H24N6O. The van der Waals surface area contributed by atoms with Crippen molar-refractivity contribution in [3.63, 3.8) is 0 Å². The molecule has 2 aromatic heterocycles. The number of ether oxygens (including phenoxy) is 1. The average Bonchev–Trinajstić information content (AvgIpc) is 3.12. The number of methoxy groups -OCH3 is 1. The first-order chi connectivity index (χ1) is 15.5. The van der Waals surface area contributed by atoms with Crippen LogP contribution in [0.3, 0.4) is 0 Å². The highest BCUT2D eigenvalue weighted by Gasteiger charge is 2.18. The maximum Gasteiger partial charge on any atom is 0.239 e. The van der Waals surface area contributed by atoms with Crippen molar-refractivity contribution in [2.24, 2.45) is 0 Å². The minimum Gasteiger partial charge on any atom is -0.494 e. The number of nitrogens with one attached hydrogen (secondary N) is 1. The molecule has 0 saturated heterocycles. The number of fused-ring (bicyclic) bond motifs is 2. The lowest BCUT2D eigenvalue weighted by molar-refractivity contribution is 0.419.